The highest BCUT2D eigenvalue weighted by Crippen LogP contribution is 2.30. The number of nitrogens with zero attached hydrogens (tertiary/aromatic N) is 2. The van der Waals surface area contributed by atoms with Gasteiger partial charge in [-0.2, -0.15) is 5.10 Å². The molecule has 7 heteroatoms. The molecule has 2 N–H and O–H groups in total. The lowest BCUT2D eigenvalue weighted by molar-refractivity contribution is 0.0779. The molecule has 2 heterocycles. The van der Waals surface area contributed by atoms with Crippen LogP contribution in [0.15, 0.2) is 6.20 Å². The quantitative estimate of drug-likeness (QED) is 0.877. The Hall–Kier alpha value is -1.11. The molecule has 1 aromatic heterocycles. The number of carbonyl (C=O) groups is 1. The van der Waals surface area contributed by atoms with Gasteiger partial charge in [0, 0.05) is 25.9 Å². The van der Waals surface area contributed by atoms with Crippen molar-refractivity contribution in [1.82, 2.24) is 20.4 Å². The van der Waals surface area contributed by atoms with E-state index in [9.17, 15) is 4.79 Å². The zero-order chi connectivity index (χ0) is 14.8. The van der Waals surface area contributed by atoms with Crippen molar-refractivity contribution in [3.63, 3.8) is 0 Å². The molecule has 2 fully saturated rings. The molecule has 124 valence electrons. The first-order valence-electron chi connectivity index (χ1n) is 7.79. The van der Waals surface area contributed by atoms with Crippen molar-refractivity contribution in [2.45, 2.75) is 50.8 Å². The van der Waals surface area contributed by atoms with Crippen LogP contribution in [0.3, 0.4) is 0 Å². The van der Waals surface area contributed by atoms with Gasteiger partial charge in [0.05, 0.1) is 29.9 Å². The number of rotatable bonds is 4. The third kappa shape index (κ3) is 3.29. The third-order valence-corrected chi connectivity index (χ3v) is 4.74. The number of halogens is 1. The number of hydrogen-bond donors (Lipinski definition) is 2. The van der Waals surface area contributed by atoms with Crippen LogP contribution in [0.4, 0.5) is 0 Å². The molecule has 1 aliphatic heterocycles. The summed E-state index contributed by atoms with van der Waals surface area (Å²) in [5.41, 5.74) is 1.66. The number of ether oxygens (including phenoxy) is 1. The first-order chi connectivity index (χ1) is 10.2. The predicted molar refractivity (Wildman–Crippen MR) is 86.6 cm³/mol. The average molecular weight is 329 g/mol. The summed E-state index contributed by atoms with van der Waals surface area (Å²) in [4.78, 5) is 12.5. The number of carbonyl (C=O) groups excluding carboxylic acids is 1. The van der Waals surface area contributed by atoms with Crippen LogP contribution in [0, 0.1) is 6.92 Å². The second-order valence-electron chi connectivity index (χ2n) is 6.04. The summed E-state index contributed by atoms with van der Waals surface area (Å²) < 4.78 is 7.41. The number of hydrogen-bond acceptors (Lipinski definition) is 4. The monoisotopic (exact) mass is 328 g/mol. The van der Waals surface area contributed by atoms with Crippen molar-refractivity contribution < 1.29 is 9.53 Å². The molecule has 0 bridgehead atoms. The number of nitrogens with one attached hydrogen (secondary N) is 2. The summed E-state index contributed by atoms with van der Waals surface area (Å²) in [5, 5.41) is 10.7. The first-order valence-corrected chi connectivity index (χ1v) is 7.79. The Morgan fingerprint density at radius 2 is 2.14 bits per heavy atom. The van der Waals surface area contributed by atoms with Crippen molar-refractivity contribution in [3.8, 4) is 0 Å². The van der Waals surface area contributed by atoms with Gasteiger partial charge in [-0.05, 0) is 19.8 Å². The summed E-state index contributed by atoms with van der Waals surface area (Å²) in [7, 11) is 1.68. The molecule has 1 amide bonds. The molecule has 0 spiro atoms. The van der Waals surface area contributed by atoms with E-state index in [-0.39, 0.29) is 30.5 Å². The highest BCUT2D eigenvalue weighted by Gasteiger charge is 2.30. The third-order valence-electron chi connectivity index (χ3n) is 4.74. The van der Waals surface area contributed by atoms with Crippen LogP contribution < -0.4 is 10.6 Å². The van der Waals surface area contributed by atoms with Crippen LogP contribution in [0.2, 0.25) is 0 Å². The summed E-state index contributed by atoms with van der Waals surface area (Å²) in [6, 6.07) is 0.489. The summed E-state index contributed by atoms with van der Waals surface area (Å²) >= 11 is 0. The molecule has 2 aliphatic rings. The van der Waals surface area contributed by atoms with Crippen molar-refractivity contribution in [2.24, 2.45) is 0 Å². The van der Waals surface area contributed by atoms with Gasteiger partial charge in [-0.3, -0.25) is 9.48 Å². The van der Waals surface area contributed by atoms with Crippen LogP contribution >= 0.6 is 12.4 Å². The molecule has 0 radical (unpaired) electrons. The van der Waals surface area contributed by atoms with E-state index in [2.05, 4.69) is 15.7 Å². The first kappa shape index (κ1) is 17.2. The summed E-state index contributed by atoms with van der Waals surface area (Å²) in [5.74, 6) is -0.0486. The average Bonchev–Trinajstić information content (AvgIpc) is 3.18. The van der Waals surface area contributed by atoms with E-state index in [1.54, 1.807) is 13.3 Å². The molecule has 0 aromatic carbocycles. The smallest absolute Gasteiger partial charge is 0.255 e. The molecule has 1 aliphatic carbocycles. The summed E-state index contributed by atoms with van der Waals surface area (Å²) in [6.45, 7) is 3.52. The highest BCUT2D eigenvalue weighted by molar-refractivity contribution is 5.95. The fourth-order valence-corrected chi connectivity index (χ4v) is 3.46. The van der Waals surface area contributed by atoms with Gasteiger partial charge in [0.25, 0.3) is 5.91 Å². The molecule has 2 atom stereocenters. The second kappa shape index (κ2) is 7.44. The van der Waals surface area contributed by atoms with Crippen LogP contribution in [0.25, 0.3) is 0 Å². The second-order valence-corrected chi connectivity index (χ2v) is 6.04. The highest BCUT2D eigenvalue weighted by atomic mass is 35.5. The lowest BCUT2D eigenvalue weighted by atomic mass is 10.1. The number of aromatic nitrogens is 2. The van der Waals surface area contributed by atoms with Gasteiger partial charge in [-0.1, -0.05) is 12.8 Å². The van der Waals surface area contributed by atoms with Gasteiger partial charge in [0.2, 0.25) is 0 Å². The standard InChI is InChI=1S/C15H24N4O2.ClH/c1-10-12(7-17-19(10)11-5-3-4-6-11)15(20)18-13-8-16-9-14(13)21-2;/h7,11,13-14,16H,3-6,8-9H2,1-2H3,(H,18,20);1H. The maximum atomic E-state index is 12.5. The Balaban J connectivity index is 0.00000176. The molecule has 1 saturated heterocycles. The van der Waals surface area contributed by atoms with E-state index in [4.69, 9.17) is 4.74 Å². The minimum absolute atomic E-state index is 0. The van der Waals surface area contributed by atoms with Crippen LogP contribution in [-0.4, -0.2) is 48.0 Å². The van der Waals surface area contributed by atoms with Gasteiger partial charge in [-0.15, -0.1) is 12.4 Å². The van der Waals surface area contributed by atoms with Gasteiger partial charge in [-0.25, -0.2) is 0 Å². The zero-order valence-electron chi connectivity index (χ0n) is 13.2. The minimum atomic E-state index is -0.0486. The van der Waals surface area contributed by atoms with Gasteiger partial charge in [0.15, 0.2) is 0 Å². The van der Waals surface area contributed by atoms with Gasteiger partial charge >= 0.3 is 0 Å². The van der Waals surface area contributed by atoms with E-state index in [1.165, 1.54) is 25.7 Å². The fraction of sp³-hybridized carbons (Fsp3) is 0.733. The Labute approximate surface area is 137 Å². The molecule has 22 heavy (non-hydrogen) atoms. The lowest BCUT2D eigenvalue weighted by Crippen LogP contribution is -2.43. The topological polar surface area (TPSA) is 68.2 Å². The van der Waals surface area contributed by atoms with E-state index in [0.717, 1.165) is 18.8 Å². The SMILES string of the molecule is COC1CNCC1NC(=O)c1cnn(C2CCCC2)c1C.Cl. The van der Waals surface area contributed by atoms with Crippen LogP contribution in [-0.2, 0) is 4.74 Å². The van der Waals surface area contributed by atoms with Crippen molar-refractivity contribution in [2.75, 3.05) is 20.2 Å². The zero-order valence-corrected chi connectivity index (χ0v) is 14.0. The van der Waals surface area contributed by atoms with Crippen LogP contribution in [0.5, 0.6) is 0 Å². The molecular weight excluding hydrogens is 304 g/mol. The van der Waals surface area contributed by atoms with E-state index >= 15 is 0 Å². The molecular formula is C15H25ClN4O2. The molecule has 2 unspecified atom stereocenters. The minimum Gasteiger partial charge on any atom is -0.378 e. The molecule has 1 saturated carbocycles. The van der Waals surface area contributed by atoms with E-state index < -0.39 is 0 Å². The Morgan fingerprint density at radius 3 is 2.82 bits per heavy atom. The Bertz CT molecular complexity index is 514. The van der Waals surface area contributed by atoms with Gasteiger partial charge < -0.3 is 15.4 Å². The van der Waals surface area contributed by atoms with Crippen LogP contribution in [0.1, 0.15) is 47.8 Å². The Morgan fingerprint density at radius 1 is 1.41 bits per heavy atom. The van der Waals surface area contributed by atoms with Crippen molar-refractivity contribution in [3.05, 3.63) is 17.5 Å². The normalized spacial score (nSPS) is 25.2. The molecule has 3 rings (SSSR count). The van der Waals surface area contributed by atoms with Crippen molar-refractivity contribution >= 4 is 18.3 Å². The van der Waals surface area contributed by atoms with E-state index in [0.29, 0.717) is 11.6 Å². The van der Waals surface area contributed by atoms with Crippen molar-refractivity contribution in [1.29, 1.82) is 0 Å². The maximum absolute atomic E-state index is 12.5. The molecule has 6 nitrogen and oxygen atoms in total. The summed E-state index contributed by atoms with van der Waals surface area (Å²) in [6.07, 6.45) is 6.60. The van der Waals surface area contributed by atoms with E-state index in [1.807, 2.05) is 11.6 Å². The number of amides is 1. The van der Waals surface area contributed by atoms with Gasteiger partial charge in [0.1, 0.15) is 0 Å². The lowest BCUT2D eigenvalue weighted by Gasteiger charge is -2.18. The Kier molecular flexibility index (Phi) is 5.83. The molecule has 1 aromatic rings. The number of methoxy groups -OCH3 is 1. The fourth-order valence-electron chi connectivity index (χ4n) is 3.46. The maximum Gasteiger partial charge on any atom is 0.255 e. The predicted octanol–water partition coefficient (Wildman–Crippen LogP) is 1.45. The largest absolute Gasteiger partial charge is 0.378 e.